The van der Waals surface area contributed by atoms with Crippen molar-refractivity contribution < 1.29 is 19.4 Å². The molecule has 5 heteroatoms. The maximum Gasteiger partial charge on any atom is 0.328 e. The normalized spacial score (nSPS) is 12.0. The van der Waals surface area contributed by atoms with Crippen molar-refractivity contribution in [2.75, 3.05) is 13.2 Å². The molecule has 0 radical (unpaired) electrons. The molecular weight excluding hydrogens is 318 g/mol. The molecule has 0 heterocycles. The van der Waals surface area contributed by atoms with E-state index >= 15 is 0 Å². The lowest BCUT2D eigenvalue weighted by Gasteiger charge is -2.17. The zero-order chi connectivity index (χ0) is 18.8. The first-order chi connectivity index (χ1) is 12.2. The molecule has 0 aliphatic heterocycles. The van der Waals surface area contributed by atoms with E-state index < -0.39 is 12.0 Å². The number of nitrogens with one attached hydrogen (secondary N) is 1. The molecule has 0 fully saturated rings. The molecule has 5 nitrogen and oxygen atoms in total. The van der Waals surface area contributed by atoms with Crippen molar-refractivity contribution in [2.45, 2.75) is 103 Å². The third kappa shape index (κ3) is 14.9. The molecule has 0 saturated heterocycles. The smallest absolute Gasteiger partial charge is 0.328 e. The Hall–Kier alpha value is -1.10. The van der Waals surface area contributed by atoms with E-state index in [-0.39, 0.29) is 19.1 Å². The molecule has 1 unspecified atom stereocenters. The lowest BCUT2D eigenvalue weighted by Crippen LogP contribution is -2.42. The van der Waals surface area contributed by atoms with E-state index in [9.17, 15) is 9.59 Å². The molecule has 2 N–H and O–H groups in total. The van der Waals surface area contributed by atoms with Gasteiger partial charge in [-0.3, -0.25) is 4.79 Å². The van der Waals surface area contributed by atoms with Gasteiger partial charge in [0.25, 0.3) is 0 Å². The molecule has 0 bridgehead atoms. The summed E-state index contributed by atoms with van der Waals surface area (Å²) >= 11 is 0. The van der Waals surface area contributed by atoms with E-state index in [1.165, 1.54) is 44.9 Å². The predicted octanol–water partition coefficient (Wildman–Crippen LogP) is 4.12. The van der Waals surface area contributed by atoms with Crippen LogP contribution in [-0.4, -0.2) is 36.2 Å². The van der Waals surface area contributed by atoms with Crippen molar-refractivity contribution in [2.24, 2.45) is 0 Å². The number of carbonyl (C=O) groups is 2. The zero-order valence-corrected chi connectivity index (χ0v) is 16.4. The van der Waals surface area contributed by atoms with Gasteiger partial charge in [0.05, 0.1) is 6.61 Å². The Morgan fingerprint density at radius 2 is 1.44 bits per heavy atom. The van der Waals surface area contributed by atoms with Gasteiger partial charge in [-0.1, -0.05) is 78.1 Å². The van der Waals surface area contributed by atoms with Crippen molar-refractivity contribution in [1.82, 2.24) is 5.32 Å². The number of ether oxygens (including phenoxy) is 1. The average molecular weight is 358 g/mol. The molecule has 1 amide bonds. The molecule has 0 aromatic rings. The fraction of sp³-hybridized carbons (Fsp3) is 0.900. The topological polar surface area (TPSA) is 75.6 Å². The number of amides is 1. The third-order valence-electron chi connectivity index (χ3n) is 4.31. The second-order valence-electron chi connectivity index (χ2n) is 6.73. The predicted molar refractivity (Wildman–Crippen MR) is 101 cm³/mol. The molecule has 0 rings (SSSR count). The van der Waals surface area contributed by atoms with E-state index in [1.807, 2.05) is 6.92 Å². The van der Waals surface area contributed by atoms with Gasteiger partial charge in [0.2, 0.25) is 5.91 Å². The van der Waals surface area contributed by atoms with Crippen molar-refractivity contribution in [3.8, 4) is 0 Å². The maximum atomic E-state index is 12.0. The van der Waals surface area contributed by atoms with Crippen LogP contribution in [0, 0.1) is 0 Å². The Morgan fingerprint density at radius 3 is 2.00 bits per heavy atom. The first-order valence-corrected chi connectivity index (χ1v) is 10.2. The van der Waals surface area contributed by atoms with Crippen LogP contribution in [-0.2, 0) is 14.3 Å². The standard InChI is InChI=1S/C20H39NO4/c1-3-5-7-8-9-10-11-12-13-15-19(23)21-18(14-6-4-2)20(24)25-17-16-22/h18,22H,3-17H2,1-2H3,(H,21,23). The van der Waals surface area contributed by atoms with Gasteiger partial charge >= 0.3 is 5.97 Å². The van der Waals surface area contributed by atoms with Crippen LogP contribution in [0.4, 0.5) is 0 Å². The van der Waals surface area contributed by atoms with Gasteiger partial charge in [-0.25, -0.2) is 4.79 Å². The summed E-state index contributed by atoms with van der Waals surface area (Å²) in [5.74, 6) is -0.520. The Kier molecular flexibility index (Phi) is 16.9. The van der Waals surface area contributed by atoms with Crippen LogP contribution in [0.2, 0.25) is 0 Å². The number of rotatable bonds is 17. The quantitative estimate of drug-likeness (QED) is 0.303. The number of hydrogen-bond acceptors (Lipinski definition) is 4. The van der Waals surface area contributed by atoms with Crippen LogP contribution in [0.15, 0.2) is 0 Å². The summed E-state index contributed by atoms with van der Waals surface area (Å²) in [6.45, 7) is 4.05. The van der Waals surface area contributed by atoms with Gasteiger partial charge in [-0.15, -0.1) is 0 Å². The number of unbranched alkanes of at least 4 members (excludes halogenated alkanes) is 9. The minimum Gasteiger partial charge on any atom is -0.462 e. The minimum absolute atomic E-state index is 0.0183. The van der Waals surface area contributed by atoms with Crippen LogP contribution >= 0.6 is 0 Å². The molecule has 148 valence electrons. The van der Waals surface area contributed by atoms with Crippen LogP contribution in [0.25, 0.3) is 0 Å². The number of aliphatic hydroxyl groups is 1. The van der Waals surface area contributed by atoms with Crippen molar-refractivity contribution >= 4 is 11.9 Å². The first-order valence-electron chi connectivity index (χ1n) is 10.2. The van der Waals surface area contributed by atoms with E-state index in [0.29, 0.717) is 12.8 Å². The second-order valence-corrected chi connectivity index (χ2v) is 6.73. The summed E-state index contributed by atoms with van der Waals surface area (Å²) in [7, 11) is 0. The fourth-order valence-corrected chi connectivity index (χ4v) is 2.77. The van der Waals surface area contributed by atoms with Crippen molar-refractivity contribution in [1.29, 1.82) is 0 Å². The highest BCUT2D eigenvalue weighted by Crippen LogP contribution is 2.11. The van der Waals surface area contributed by atoms with E-state index in [4.69, 9.17) is 9.84 Å². The molecule has 0 spiro atoms. The Balaban J connectivity index is 3.84. The number of aliphatic hydroxyl groups excluding tert-OH is 1. The monoisotopic (exact) mass is 357 g/mol. The largest absolute Gasteiger partial charge is 0.462 e. The summed E-state index contributed by atoms with van der Waals surface area (Å²) < 4.78 is 4.95. The third-order valence-corrected chi connectivity index (χ3v) is 4.31. The molecule has 0 aromatic heterocycles. The second kappa shape index (κ2) is 17.7. The Labute approximate surface area is 153 Å². The van der Waals surface area contributed by atoms with Gasteiger partial charge in [0.1, 0.15) is 12.6 Å². The first kappa shape index (κ1) is 23.9. The fourth-order valence-electron chi connectivity index (χ4n) is 2.77. The van der Waals surface area contributed by atoms with Gasteiger partial charge < -0.3 is 15.2 Å². The Bertz CT molecular complexity index is 334. The van der Waals surface area contributed by atoms with E-state index in [2.05, 4.69) is 12.2 Å². The van der Waals surface area contributed by atoms with Crippen LogP contribution in [0.5, 0.6) is 0 Å². The van der Waals surface area contributed by atoms with Gasteiger partial charge in [-0.05, 0) is 12.8 Å². The SMILES string of the molecule is CCCCCCCCCCCC(=O)NC(CCCC)C(=O)OCCO. The maximum absolute atomic E-state index is 12.0. The number of hydrogen-bond donors (Lipinski definition) is 2. The summed E-state index contributed by atoms with van der Waals surface area (Å²) in [4.78, 5) is 24.0. The Morgan fingerprint density at radius 1 is 0.880 bits per heavy atom. The summed E-state index contributed by atoms with van der Waals surface area (Å²) in [5, 5.41) is 11.5. The summed E-state index contributed by atoms with van der Waals surface area (Å²) in [6, 6.07) is -0.586. The highest BCUT2D eigenvalue weighted by Gasteiger charge is 2.21. The lowest BCUT2D eigenvalue weighted by atomic mass is 10.1. The number of carbonyl (C=O) groups excluding carboxylic acids is 2. The molecule has 0 aliphatic rings. The van der Waals surface area contributed by atoms with Gasteiger partial charge in [0.15, 0.2) is 0 Å². The van der Waals surface area contributed by atoms with Gasteiger partial charge in [0, 0.05) is 6.42 Å². The highest BCUT2D eigenvalue weighted by atomic mass is 16.5. The van der Waals surface area contributed by atoms with E-state index in [1.54, 1.807) is 0 Å². The van der Waals surface area contributed by atoms with Crippen LogP contribution in [0.3, 0.4) is 0 Å². The molecule has 0 aliphatic carbocycles. The van der Waals surface area contributed by atoms with Crippen molar-refractivity contribution in [3.63, 3.8) is 0 Å². The molecule has 1 atom stereocenters. The zero-order valence-electron chi connectivity index (χ0n) is 16.4. The highest BCUT2D eigenvalue weighted by molar-refractivity contribution is 5.84. The average Bonchev–Trinajstić information content (AvgIpc) is 2.61. The molecule has 0 saturated carbocycles. The number of esters is 1. The minimum atomic E-state index is -0.586. The summed E-state index contributed by atoms with van der Waals surface area (Å²) in [5.41, 5.74) is 0. The molecular formula is C20H39NO4. The molecule has 25 heavy (non-hydrogen) atoms. The lowest BCUT2D eigenvalue weighted by molar-refractivity contribution is -0.149. The molecule has 0 aromatic carbocycles. The van der Waals surface area contributed by atoms with Crippen LogP contribution in [0.1, 0.15) is 97.3 Å². The summed E-state index contributed by atoms with van der Waals surface area (Å²) in [6.07, 6.45) is 13.8. The van der Waals surface area contributed by atoms with E-state index in [0.717, 1.165) is 25.7 Å². The van der Waals surface area contributed by atoms with Crippen molar-refractivity contribution in [3.05, 3.63) is 0 Å². The van der Waals surface area contributed by atoms with Gasteiger partial charge in [-0.2, -0.15) is 0 Å². The van der Waals surface area contributed by atoms with Crippen LogP contribution < -0.4 is 5.32 Å².